The number of phenolic OH excluding ortho intramolecular Hbond substituents is 2. The van der Waals surface area contributed by atoms with Crippen molar-refractivity contribution in [2.45, 2.75) is 32.6 Å². The van der Waals surface area contributed by atoms with E-state index in [-0.39, 0.29) is 28.6 Å². The molecule has 0 fully saturated rings. The number of carbonyl (C=O) groups is 1. The minimum atomic E-state index is -0.833. The first-order chi connectivity index (χ1) is 17.5. The molecule has 37 heavy (non-hydrogen) atoms. The molecule has 1 radical (unpaired) electrons. The molecular weight excluding hydrogens is 515 g/mol. The standard InChI is InChI=1S/C26H26N2O4.C2H4O2.Mn/c29-25-19-9-7-13-23(25)31-15-5-1-2-6-16-32-24-14-8-10-20(26(24)30)18-28-22-12-4-3-11-21(22)27-17-19;1-2(3)4;/h3-4,7-14,17-18,29-30H,1-2,5-6,15-16H2;1H3,(H,3,4);/q;;+2. The van der Waals surface area contributed by atoms with Crippen molar-refractivity contribution in [1.29, 1.82) is 0 Å². The number of hydrogen-bond acceptors (Lipinski definition) is 7. The Morgan fingerprint density at radius 1 is 0.703 bits per heavy atom. The molecule has 8 nitrogen and oxygen atoms in total. The molecule has 1 aliphatic rings. The zero-order valence-electron chi connectivity index (χ0n) is 20.5. The summed E-state index contributed by atoms with van der Waals surface area (Å²) in [6, 6.07) is 18.2. The molecule has 0 aromatic heterocycles. The van der Waals surface area contributed by atoms with Gasteiger partial charge in [-0.2, -0.15) is 0 Å². The SMILES string of the molecule is CC(=O)O.Oc1c2cccc1OCCCCCCOc1cccc(c1O)C=Nc1ccccc1N=C2.[Mn+2]. The fraction of sp³-hybridized carbons (Fsp3) is 0.250. The van der Waals surface area contributed by atoms with Gasteiger partial charge in [0.05, 0.1) is 24.6 Å². The van der Waals surface area contributed by atoms with E-state index in [0.717, 1.165) is 32.6 Å². The van der Waals surface area contributed by atoms with Crippen LogP contribution in [0.5, 0.6) is 23.0 Å². The van der Waals surface area contributed by atoms with E-state index in [1.807, 2.05) is 36.4 Å². The molecule has 0 saturated heterocycles. The van der Waals surface area contributed by atoms with Crippen LogP contribution in [0.15, 0.2) is 70.6 Å². The zero-order chi connectivity index (χ0) is 25.8. The minimum Gasteiger partial charge on any atom is -0.504 e. The number of rotatable bonds is 0. The third-order valence-electron chi connectivity index (χ3n) is 5.18. The van der Waals surface area contributed by atoms with Crippen molar-refractivity contribution in [1.82, 2.24) is 0 Å². The third kappa shape index (κ3) is 9.29. The number of phenols is 2. The molecule has 0 spiro atoms. The van der Waals surface area contributed by atoms with Crippen LogP contribution >= 0.6 is 0 Å². The van der Waals surface area contributed by atoms with Gasteiger partial charge in [0.25, 0.3) is 5.97 Å². The second kappa shape index (κ2) is 15.3. The fourth-order valence-electron chi connectivity index (χ4n) is 3.40. The Balaban J connectivity index is 0.000000898. The molecule has 1 heterocycles. The summed E-state index contributed by atoms with van der Waals surface area (Å²) in [7, 11) is 0. The summed E-state index contributed by atoms with van der Waals surface area (Å²) in [6.45, 7) is 2.13. The summed E-state index contributed by atoms with van der Waals surface area (Å²) in [6.07, 6.45) is 6.92. The Morgan fingerprint density at radius 2 is 1.11 bits per heavy atom. The maximum atomic E-state index is 10.6. The van der Waals surface area contributed by atoms with Gasteiger partial charge in [0.1, 0.15) is 0 Å². The van der Waals surface area contributed by atoms with Crippen LogP contribution in [0.3, 0.4) is 0 Å². The van der Waals surface area contributed by atoms with Crippen LogP contribution in [0.25, 0.3) is 0 Å². The van der Waals surface area contributed by atoms with Gasteiger partial charge in [0.2, 0.25) is 0 Å². The van der Waals surface area contributed by atoms with Gasteiger partial charge in [0, 0.05) is 30.5 Å². The Bertz CT molecular complexity index is 1140. The number of para-hydroxylation sites is 4. The van der Waals surface area contributed by atoms with Gasteiger partial charge in [-0.25, -0.2) is 0 Å². The molecule has 3 N–H and O–H groups in total. The molecule has 3 aromatic rings. The van der Waals surface area contributed by atoms with Crippen molar-refractivity contribution in [3.05, 3.63) is 71.8 Å². The first kappa shape index (κ1) is 29.4. The minimum absolute atomic E-state index is 0. The Hall–Kier alpha value is -3.81. The summed E-state index contributed by atoms with van der Waals surface area (Å²) in [5.41, 5.74) is 2.41. The van der Waals surface area contributed by atoms with E-state index in [1.54, 1.807) is 36.7 Å². The molecule has 4 bridgehead atoms. The van der Waals surface area contributed by atoms with Gasteiger partial charge in [-0.05, 0) is 62.1 Å². The number of benzene rings is 3. The molecule has 0 unspecified atom stereocenters. The van der Waals surface area contributed by atoms with Crippen molar-refractivity contribution in [3.8, 4) is 23.0 Å². The average molecular weight is 545 g/mol. The third-order valence-corrected chi connectivity index (χ3v) is 5.18. The van der Waals surface area contributed by atoms with Crippen LogP contribution in [0.4, 0.5) is 11.4 Å². The summed E-state index contributed by atoms with van der Waals surface area (Å²) in [4.78, 5) is 18.0. The van der Waals surface area contributed by atoms with Crippen LogP contribution in [0.2, 0.25) is 0 Å². The van der Waals surface area contributed by atoms with Crippen molar-refractivity contribution < 1.29 is 46.7 Å². The van der Waals surface area contributed by atoms with Gasteiger partial charge in [-0.3, -0.25) is 14.8 Å². The van der Waals surface area contributed by atoms with Crippen molar-refractivity contribution >= 4 is 29.8 Å². The van der Waals surface area contributed by atoms with Crippen molar-refractivity contribution in [2.24, 2.45) is 9.98 Å². The van der Waals surface area contributed by atoms with Gasteiger partial charge in [-0.15, -0.1) is 0 Å². The predicted octanol–water partition coefficient (Wildman–Crippen LogP) is 6.02. The van der Waals surface area contributed by atoms with E-state index < -0.39 is 5.97 Å². The molecule has 0 amide bonds. The Labute approximate surface area is 226 Å². The van der Waals surface area contributed by atoms with Crippen LogP contribution in [-0.2, 0) is 21.9 Å². The summed E-state index contributed by atoms with van der Waals surface area (Å²) in [5, 5.41) is 28.6. The first-order valence-electron chi connectivity index (χ1n) is 11.7. The zero-order valence-corrected chi connectivity index (χ0v) is 21.7. The molecule has 0 atom stereocenters. The normalized spacial score (nSPS) is 13.3. The van der Waals surface area contributed by atoms with Gasteiger partial charge in [-0.1, -0.05) is 24.3 Å². The van der Waals surface area contributed by atoms with E-state index >= 15 is 0 Å². The monoisotopic (exact) mass is 545 g/mol. The van der Waals surface area contributed by atoms with Crippen LogP contribution in [-0.4, -0.2) is 46.9 Å². The van der Waals surface area contributed by atoms with E-state index in [9.17, 15) is 10.2 Å². The molecule has 4 rings (SSSR count). The van der Waals surface area contributed by atoms with E-state index in [1.165, 1.54) is 0 Å². The number of aliphatic carboxylic acids is 1. The second-order valence-electron chi connectivity index (χ2n) is 8.02. The number of nitrogens with zero attached hydrogens (tertiary/aromatic N) is 2. The number of aromatic hydroxyl groups is 2. The van der Waals surface area contributed by atoms with Gasteiger partial charge < -0.3 is 24.8 Å². The van der Waals surface area contributed by atoms with Gasteiger partial charge in [0.15, 0.2) is 23.0 Å². The number of hydrogen-bond donors (Lipinski definition) is 3. The smallest absolute Gasteiger partial charge is 0.504 e. The van der Waals surface area contributed by atoms with Crippen molar-refractivity contribution in [3.63, 3.8) is 0 Å². The molecule has 3 aromatic carbocycles. The van der Waals surface area contributed by atoms with Crippen LogP contribution in [0.1, 0.15) is 43.7 Å². The van der Waals surface area contributed by atoms with E-state index in [2.05, 4.69) is 9.98 Å². The number of fused-ring (bicyclic) bond motifs is 5. The van der Waals surface area contributed by atoms with Gasteiger partial charge >= 0.3 is 17.1 Å². The first-order valence-corrected chi connectivity index (χ1v) is 11.7. The van der Waals surface area contributed by atoms with E-state index in [0.29, 0.717) is 47.2 Å². The Kier molecular flexibility index (Phi) is 12.2. The largest absolute Gasteiger partial charge is 2.00 e. The summed E-state index contributed by atoms with van der Waals surface area (Å²) >= 11 is 0. The molecule has 193 valence electrons. The number of aliphatic imine (C=N–C) groups is 2. The topological polar surface area (TPSA) is 121 Å². The van der Waals surface area contributed by atoms with E-state index in [4.69, 9.17) is 19.4 Å². The number of carboxylic acids is 1. The molecular formula is C28H30MnN2O6+2. The number of ether oxygens (including phenoxy) is 2. The van der Waals surface area contributed by atoms with Crippen LogP contribution < -0.4 is 9.47 Å². The summed E-state index contributed by atoms with van der Waals surface area (Å²) in [5.74, 6) is 0.211. The fourth-order valence-corrected chi connectivity index (χ4v) is 3.40. The maximum Gasteiger partial charge on any atom is 2.00 e. The molecule has 9 heteroatoms. The number of carboxylic acid groups (broad SMARTS) is 1. The molecule has 0 saturated carbocycles. The van der Waals surface area contributed by atoms with Crippen LogP contribution in [0, 0.1) is 0 Å². The Morgan fingerprint density at radius 3 is 1.51 bits per heavy atom. The second-order valence-corrected chi connectivity index (χ2v) is 8.02. The quantitative estimate of drug-likeness (QED) is 0.297. The summed E-state index contributed by atoms with van der Waals surface area (Å²) < 4.78 is 11.5. The molecule has 1 aliphatic heterocycles. The van der Waals surface area contributed by atoms with Crippen molar-refractivity contribution in [2.75, 3.05) is 13.2 Å². The average Bonchev–Trinajstić information content (AvgIpc) is 2.85. The maximum absolute atomic E-state index is 10.6. The predicted molar refractivity (Wildman–Crippen MR) is 140 cm³/mol. The molecule has 0 aliphatic carbocycles.